The van der Waals surface area contributed by atoms with Gasteiger partial charge in [-0.15, -0.1) is 0 Å². The van der Waals surface area contributed by atoms with E-state index in [1.165, 1.54) is 120 Å². The summed E-state index contributed by atoms with van der Waals surface area (Å²) < 4.78 is 0. The van der Waals surface area contributed by atoms with Gasteiger partial charge in [-0.1, -0.05) is 104 Å². The van der Waals surface area contributed by atoms with Crippen molar-refractivity contribution in [3.8, 4) is 0 Å². The maximum Gasteiger partial charge on any atom is 0.239 e. The van der Waals surface area contributed by atoms with E-state index < -0.39 is 0 Å². The summed E-state index contributed by atoms with van der Waals surface area (Å²) in [6, 6.07) is 0.324. The Labute approximate surface area is 432 Å². The van der Waals surface area contributed by atoms with Crippen molar-refractivity contribution in [1.29, 1.82) is 0 Å². The van der Waals surface area contributed by atoms with Crippen molar-refractivity contribution in [2.45, 2.75) is 246 Å². The molecule has 10 nitrogen and oxygen atoms in total. The molecule has 5 aliphatic carbocycles. The van der Waals surface area contributed by atoms with Gasteiger partial charge in [0.05, 0.1) is 13.1 Å². The summed E-state index contributed by atoms with van der Waals surface area (Å²) in [6.07, 6.45) is 39.4. The molecule has 5 fully saturated rings. The second-order valence-corrected chi connectivity index (χ2v) is 24.7. The number of likely N-dealkylation sites (N-methyl/N-ethyl adjacent to an activating group) is 1. The molecule has 5 saturated carbocycles. The topological polar surface area (TPSA) is 153 Å². The Bertz CT molecular complexity index is 1670. The van der Waals surface area contributed by atoms with Crippen molar-refractivity contribution in [3.05, 3.63) is 12.2 Å². The normalized spacial score (nSPS) is 30.6. The largest absolute Gasteiger partial charge is 0.396 e. The Morgan fingerprint density at radius 3 is 1.96 bits per heavy atom. The molecule has 406 valence electrons. The standard InChI is InChI=1S/C61H105N3O7/c1-6-7-8-9-10-11-12-13-14-15-16-17-18-19-24-27-57(69)63-49-34-36-60(3)48(40-49)29-30-51-54-32-31-53(61(54,4)37-35-55(51)60)45(2)28-33-59(71)64(42-58(70)62-5)41-50(67)25-22-20-21-23-26-56(68)52-39-46(43-65)38-47(52)44-66/h13-14,45-49,51-55,65-66H,6-12,15-44H2,1-5H3,(H,62,70)(H,63,69)/b14-13-/t45-,46-,47+,48?,49+,51?,52?,53-,54?,55?,60+,61-/m1/s1. The van der Waals surface area contributed by atoms with Crippen LogP contribution in [0.3, 0.4) is 0 Å². The number of allylic oxidation sites excluding steroid dienone is 2. The summed E-state index contributed by atoms with van der Waals surface area (Å²) in [5.74, 6) is 3.77. The van der Waals surface area contributed by atoms with Crippen LogP contribution in [-0.2, 0) is 24.0 Å². The Morgan fingerprint density at radius 2 is 1.28 bits per heavy atom. The number of carbonyl (C=O) groups excluding carboxylic acids is 5. The van der Waals surface area contributed by atoms with Gasteiger partial charge in [-0.2, -0.15) is 0 Å². The summed E-state index contributed by atoms with van der Waals surface area (Å²) in [6.45, 7) is 9.69. The van der Waals surface area contributed by atoms with Crippen molar-refractivity contribution in [2.75, 3.05) is 33.4 Å². The van der Waals surface area contributed by atoms with E-state index in [1.807, 2.05) is 0 Å². The lowest BCUT2D eigenvalue weighted by atomic mass is 9.44. The molecule has 0 aromatic heterocycles. The lowest BCUT2D eigenvalue weighted by Gasteiger charge is -2.61. The molecule has 0 saturated heterocycles. The monoisotopic (exact) mass is 992 g/mol. The molecule has 12 atom stereocenters. The van der Waals surface area contributed by atoms with Crippen LogP contribution in [0, 0.1) is 64.1 Å². The van der Waals surface area contributed by atoms with Gasteiger partial charge < -0.3 is 25.7 Å². The maximum absolute atomic E-state index is 13.8. The van der Waals surface area contributed by atoms with Gasteiger partial charge in [0, 0.05) is 57.9 Å². The summed E-state index contributed by atoms with van der Waals surface area (Å²) in [5.41, 5.74) is 0.623. The molecule has 3 amide bonds. The molecule has 4 N–H and O–H groups in total. The highest BCUT2D eigenvalue weighted by atomic mass is 16.3. The average Bonchev–Trinajstić information content (AvgIpc) is 3.96. The fourth-order valence-corrected chi connectivity index (χ4v) is 15.7. The van der Waals surface area contributed by atoms with Gasteiger partial charge in [0.15, 0.2) is 5.78 Å². The van der Waals surface area contributed by atoms with Gasteiger partial charge in [-0.05, 0) is 180 Å². The molecule has 0 radical (unpaired) electrons. The van der Waals surface area contributed by atoms with E-state index in [2.05, 4.69) is 50.5 Å². The first kappa shape index (κ1) is 59.3. The van der Waals surface area contributed by atoms with E-state index in [9.17, 15) is 34.2 Å². The van der Waals surface area contributed by atoms with Crippen LogP contribution in [0.25, 0.3) is 0 Å². The highest BCUT2D eigenvalue weighted by Gasteiger charge is 2.60. The predicted octanol–water partition coefficient (Wildman–Crippen LogP) is 12.3. The number of Topliss-reactive ketones (excluding diaryl/α,β-unsaturated/α-hetero) is 2. The Kier molecular flexibility index (Phi) is 25.6. The van der Waals surface area contributed by atoms with Crippen LogP contribution in [0.4, 0.5) is 0 Å². The van der Waals surface area contributed by atoms with Crippen molar-refractivity contribution in [1.82, 2.24) is 15.5 Å². The van der Waals surface area contributed by atoms with E-state index in [0.29, 0.717) is 74.2 Å². The second kappa shape index (κ2) is 30.7. The van der Waals surface area contributed by atoms with Gasteiger partial charge in [-0.25, -0.2) is 0 Å². The van der Waals surface area contributed by atoms with Crippen LogP contribution in [0.1, 0.15) is 240 Å². The summed E-state index contributed by atoms with van der Waals surface area (Å²) in [5, 5.41) is 25.4. The van der Waals surface area contributed by atoms with Crippen molar-refractivity contribution < 1.29 is 34.2 Å². The third kappa shape index (κ3) is 17.5. The quantitative estimate of drug-likeness (QED) is 0.0370. The number of aliphatic hydroxyl groups is 2. The van der Waals surface area contributed by atoms with E-state index >= 15 is 0 Å². The number of hydrogen-bond donors (Lipinski definition) is 4. The maximum atomic E-state index is 13.8. The zero-order valence-corrected chi connectivity index (χ0v) is 46.0. The van der Waals surface area contributed by atoms with Crippen molar-refractivity contribution >= 4 is 29.3 Å². The number of fused-ring (bicyclic) bond motifs is 5. The van der Waals surface area contributed by atoms with E-state index in [4.69, 9.17) is 0 Å². The minimum absolute atomic E-state index is 0.0144. The molecule has 71 heavy (non-hydrogen) atoms. The van der Waals surface area contributed by atoms with Crippen molar-refractivity contribution in [3.63, 3.8) is 0 Å². The van der Waals surface area contributed by atoms with Gasteiger partial charge in [0.25, 0.3) is 0 Å². The average molecular weight is 993 g/mol. The highest BCUT2D eigenvalue weighted by molar-refractivity contribution is 5.89. The number of rotatable bonds is 34. The van der Waals surface area contributed by atoms with Gasteiger partial charge >= 0.3 is 0 Å². The van der Waals surface area contributed by atoms with E-state index in [-0.39, 0.29) is 78.8 Å². The zero-order chi connectivity index (χ0) is 51.2. The molecule has 10 heteroatoms. The number of unbranched alkanes of at least 4 members (excludes halogenated alkanes) is 14. The van der Waals surface area contributed by atoms with Gasteiger partial charge in [-0.3, -0.25) is 24.0 Å². The first-order chi connectivity index (χ1) is 34.3. The highest BCUT2D eigenvalue weighted by Crippen LogP contribution is 2.68. The molecule has 0 spiro atoms. The van der Waals surface area contributed by atoms with Crippen LogP contribution in [0.15, 0.2) is 12.2 Å². The van der Waals surface area contributed by atoms with E-state index in [0.717, 1.165) is 69.1 Å². The third-order valence-electron chi connectivity index (χ3n) is 19.9. The number of hydrogen-bond acceptors (Lipinski definition) is 7. The third-order valence-corrected chi connectivity index (χ3v) is 19.9. The molecular formula is C61H105N3O7. The number of aliphatic hydroxyl groups excluding tert-OH is 2. The molecule has 0 aromatic carbocycles. The Morgan fingerprint density at radius 1 is 0.648 bits per heavy atom. The van der Waals surface area contributed by atoms with Crippen LogP contribution < -0.4 is 10.6 Å². The zero-order valence-electron chi connectivity index (χ0n) is 46.0. The number of amides is 3. The lowest BCUT2D eigenvalue weighted by molar-refractivity contribution is -0.139. The van der Waals surface area contributed by atoms with Crippen molar-refractivity contribution in [2.24, 2.45) is 64.1 Å². The van der Waals surface area contributed by atoms with E-state index in [1.54, 1.807) is 7.05 Å². The van der Waals surface area contributed by atoms with Gasteiger partial charge in [0.1, 0.15) is 5.78 Å². The lowest BCUT2D eigenvalue weighted by Crippen LogP contribution is -2.55. The number of nitrogens with zero attached hydrogens (tertiary/aromatic N) is 1. The SMILES string of the molecule is CCCCCCCC/C=C\CCCCCCCC(=O)N[C@H]1CC[C@@]2(C)C(CCC3C2CC[C@@]2(C)C3CC[C@@H]2[C@H](C)CCC(=O)N(CC(=O)CCCCCCC(=O)C2C[C@H](CO)C[C@H]2CO)CC(=O)NC)C1. The Hall–Kier alpha value is -2.59. The molecule has 0 aliphatic heterocycles. The number of carbonyl (C=O) groups is 5. The van der Waals surface area contributed by atoms with Crippen LogP contribution >= 0.6 is 0 Å². The minimum atomic E-state index is -0.270. The summed E-state index contributed by atoms with van der Waals surface area (Å²) in [7, 11) is 1.56. The Balaban J connectivity index is 0.977. The first-order valence-electron chi connectivity index (χ1n) is 30.0. The van der Waals surface area contributed by atoms with Gasteiger partial charge in [0.2, 0.25) is 17.7 Å². The first-order valence-corrected chi connectivity index (χ1v) is 30.0. The van der Waals surface area contributed by atoms with Crippen LogP contribution in [-0.4, -0.2) is 83.8 Å². The predicted molar refractivity (Wildman–Crippen MR) is 287 cm³/mol. The molecule has 5 unspecified atom stereocenters. The number of nitrogens with one attached hydrogen (secondary N) is 2. The summed E-state index contributed by atoms with van der Waals surface area (Å²) in [4.78, 5) is 66.9. The molecule has 5 rings (SSSR count). The minimum Gasteiger partial charge on any atom is -0.396 e. The smallest absolute Gasteiger partial charge is 0.239 e. The van der Waals surface area contributed by atoms with Crippen LogP contribution in [0.5, 0.6) is 0 Å². The second-order valence-electron chi connectivity index (χ2n) is 24.7. The fraction of sp³-hybridized carbons (Fsp3) is 0.885. The molecule has 0 heterocycles. The fourth-order valence-electron chi connectivity index (χ4n) is 15.7. The molecular weight excluding hydrogens is 887 g/mol. The molecule has 5 aliphatic rings. The molecule has 0 bridgehead atoms. The summed E-state index contributed by atoms with van der Waals surface area (Å²) >= 11 is 0. The van der Waals surface area contributed by atoms with Crippen LogP contribution in [0.2, 0.25) is 0 Å². The molecule has 0 aromatic rings. The number of ketones is 2.